The van der Waals surface area contributed by atoms with Gasteiger partial charge in [-0.1, -0.05) is 12.1 Å². The second kappa shape index (κ2) is 6.10. The van der Waals surface area contributed by atoms with E-state index in [4.69, 9.17) is 4.42 Å². The first kappa shape index (κ1) is 14.9. The van der Waals surface area contributed by atoms with E-state index in [2.05, 4.69) is 21.3 Å². The van der Waals surface area contributed by atoms with Crippen LogP contribution in [0.4, 0.5) is 0 Å². The van der Waals surface area contributed by atoms with Gasteiger partial charge in [0.05, 0.1) is 17.8 Å². The molecule has 24 heavy (non-hydrogen) atoms. The van der Waals surface area contributed by atoms with E-state index in [0.29, 0.717) is 22.8 Å². The maximum Gasteiger partial charge on any atom is 0.307 e. The van der Waals surface area contributed by atoms with Crippen LogP contribution in [0.1, 0.15) is 29.1 Å². The third-order valence-corrected chi connectivity index (χ3v) is 4.99. The SMILES string of the molecule is N#Cc1ccccc1-c1cnc(C(=O)NC2CN3CCC2CC3)o1. The van der Waals surface area contributed by atoms with Crippen LogP contribution in [0.15, 0.2) is 34.9 Å². The number of carbonyl (C=O) groups is 1. The molecule has 6 heteroatoms. The summed E-state index contributed by atoms with van der Waals surface area (Å²) in [6.07, 6.45) is 3.77. The van der Waals surface area contributed by atoms with E-state index in [1.165, 1.54) is 6.20 Å². The first-order chi connectivity index (χ1) is 11.7. The highest BCUT2D eigenvalue weighted by Crippen LogP contribution is 2.28. The monoisotopic (exact) mass is 322 g/mol. The molecular formula is C18H18N4O2. The smallest absolute Gasteiger partial charge is 0.307 e. The van der Waals surface area contributed by atoms with Crippen LogP contribution in [0.5, 0.6) is 0 Å². The summed E-state index contributed by atoms with van der Waals surface area (Å²) in [5, 5.41) is 12.2. The highest BCUT2D eigenvalue weighted by Gasteiger charge is 2.35. The summed E-state index contributed by atoms with van der Waals surface area (Å²) in [5.41, 5.74) is 1.15. The Morgan fingerprint density at radius 1 is 1.33 bits per heavy atom. The lowest BCUT2D eigenvalue weighted by Gasteiger charge is -2.44. The van der Waals surface area contributed by atoms with Crippen molar-refractivity contribution >= 4 is 5.91 Å². The summed E-state index contributed by atoms with van der Waals surface area (Å²) in [7, 11) is 0. The van der Waals surface area contributed by atoms with Crippen molar-refractivity contribution in [2.75, 3.05) is 19.6 Å². The molecule has 1 atom stereocenters. The molecule has 1 unspecified atom stereocenters. The van der Waals surface area contributed by atoms with Gasteiger partial charge >= 0.3 is 5.91 Å². The van der Waals surface area contributed by atoms with E-state index < -0.39 is 0 Å². The number of piperidine rings is 3. The lowest BCUT2D eigenvalue weighted by molar-refractivity contribution is 0.0602. The van der Waals surface area contributed by atoms with Crippen molar-refractivity contribution in [3.05, 3.63) is 41.9 Å². The molecule has 0 saturated carbocycles. The average molecular weight is 322 g/mol. The summed E-state index contributed by atoms with van der Waals surface area (Å²) < 4.78 is 5.61. The molecule has 5 rings (SSSR count). The quantitative estimate of drug-likeness (QED) is 0.935. The minimum Gasteiger partial charge on any atom is -0.432 e. The van der Waals surface area contributed by atoms with Gasteiger partial charge < -0.3 is 14.6 Å². The first-order valence-corrected chi connectivity index (χ1v) is 8.23. The van der Waals surface area contributed by atoms with Crippen LogP contribution in [0, 0.1) is 17.2 Å². The second-order valence-corrected chi connectivity index (χ2v) is 6.41. The van der Waals surface area contributed by atoms with Crippen LogP contribution in [-0.2, 0) is 0 Å². The van der Waals surface area contributed by atoms with E-state index in [-0.39, 0.29) is 17.8 Å². The summed E-state index contributed by atoms with van der Waals surface area (Å²) in [6.45, 7) is 3.16. The summed E-state index contributed by atoms with van der Waals surface area (Å²) in [6, 6.07) is 9.41. The lowest BCUT2D eigenvalue weighted by Crippen LogP contribution is -2.57. The standard InChI is InChI=1S/C18H18N4O2/c19-9-13-3-1-2-4-14(13)16-10-20-18(24-16)17(23)21-15-11-22-7-5-12(15)6-8-22/h1-4,10,12,15H,5-8,11H2,(H,21,23). The van der Waals surface area contributed by atoms with Crippen LogP contribution in [0.2, 0.25) is 0 Å². The maximum atomic E-state index is 12.4. The molecular weight excluding hydrogens is 304 g/mol. The highest BCUT2D eigenvalue weighted by atomic mass is 16.4. The molecule has 6 nitrogen and oxygen atoms in total. The van der Waals surface area contributed by atoms with E-state index in [1.54, 1.807) is 18.2 Å². The van der Waals surface area contributed by atoms with Gasteiger partial charge in [-0.25, -0.2) is 4.98 Å². The Labute approximate surface area is 140 Å². The van der Waals surface area contributed by atoms with E-state index >= 15 is 0 Å². The third kappa shape index (κ3) is 2.68. The summed E-state index contributed by atoms with van der Waals surface area (Å²) in [4.78, 5) is 18.9. The number of nitrogens with one attached hydrogen (secondary N) is 1. The number of aromatic nitrogens is 1. The number of nitriles is 1. The zero-order valence-electron chi connectivity index (χ0n) is 13.2. The molecule has 1 N–H and O–H groups in total. The molecule has 2 bridgehead atoms. The van der Waals surface area contributed by atoms with Gasteiger partial charge in [-0.05, 0) is 44.0 Å². The largest absolute Gasteiger partial charge is 0.432 e. The Bertz CT molecular complexity index is 799. The second-order valence-electron chi connectivity index (χ2n) is 6.41. The predicted molar refractivity (Wildman–Crippen MR) is 87.1 cm³/mol. The molecule has 3 saturated heterocycles. The Morgan fingerprint density at radius 3 is 2.83 bits per heavy atom. The Balaban J connectivity index is 1.50. The highest BCUT2D eigenvalue weighted by molar-refractivity contribution is 5.90. The van der Waals surface area contributed by atoms with Crippen LogP contribution >= 0.6 is 0 Å². The number of oxazole rings is 1. The first-order valence-electron chi connectivity index (χ1n) is 8.23. The van der Waals surface area contributed by atoms with Crippen LogP contribution in [-0.4, -0.2) is 41.5 Å². The number of amides is 1. The van der Waals surface area contributed by atoms with Gasteiger partial charge in [0.1, 0.15) is 0 Å². The normalized spacial score (nSPS) is 25.2. The Kier molecular flexibility index (Phi) is 3.79. The fourth-order valence-electron chi connectivity index (χ4n) is 3.66. The minimum atomic E-state index is -0.283. The molecule has 122 valence electrons. The molecule has 1 amide bonds. The topological polar surface area (TPSA) is 82.2 Å². The van der Waals surface area contributed by atoms with Crippen LogP contribution in [0.3, 0.4) is 0 Å². The molecule has 1 aromatic heterocycles. The van der Waals surface area contributed by atoms with Crippen LogP contribution < -0.4 is 5.32 Å². The molecule has 3 fully saturated rings. The van der Waals surface area contributed by atoms with Crippen molar-refractivity contribution < 1.29 is 9.21 Å². The zero-order chi connectivity index (χ0) is 16.5. The molecule has 3 aliphatic rings. The number of carbonyl (C=O) groups excluding carboxylic acids is 1. The van der Waals surface area contributed by atoms with E-state index in [1.807, 2.05) is 6.07 Å². The number of hydrogen-bond acceptors (Lipinski definition) is 5. The van der Waals surface area contributed by atoms with Crippen molar-refractivity contribution in [1.82, 2.24) is 15.2 Å². The number of hydrogen-bond donors (Lipinski definition) is 1. The van der Waals surface area contributed by atoms with Gasteiger partial charge in [-0.15, -0.1) is 0 Å². The van der Waals surface area contributed by atoms with Gasteiger partial charge in [0, 0.05) is 18.2 Å². The zero-order valence-corrected chi connectivity index (χ0v) is 13.2. The number of nitrogens with zero attached hydrogens (tertiary/aromatic N) is 3. The molecule has 0 radical (unpaired) electrons. The molecule has 3 aliphatic heterocycles. The molecule has 0 aliphatic carbocycles. The minimum absolute atomic E-state index is 0.0502. The molecule has 0 spiro atoms. The van der Waals surface area contributed by atoms with Crippen molar-refractivity contribution in [3.8, 4) is 17.4 Å². The van der Waals surface area contributed by atoms with E-state index in [0.717, 1.165) is 32.5 Å². The van der Waals surface area contributed by atoms with Crippen molar-refractivity contribution in [1.29, 1.82) is 5.26 Å². The molecule has 4 heterocycles. The third-order valence-electron chi connectivity index (χ3n) is 4.99. The fourth-order valence-corrected chi connectivity index (χ4v) is 3.66. The van der Waals surface area contributed by atoms with Gasteiger partial charge in [0.15, 0.2) is 5.76 Å². The fraction of sp³-hybridized carbons (Fsp3) is 0.389. The van der Waals surface area contributed by atoms with E-state index in [9.17, 15) is 10.1 Å². The maximum absolute atomic E-state index is 12.4. The average Bonchev–Trinajstić information content (AvgIpc) is 3.13. The Hall–Kier alpha value is -2.65. The number of benzene rings is 1. The number of rotatable bonds is 3. The summed E-state index contributed by atoms with van der Waals surface area (Å²) in [5.74, 6) is 0.752. The van der Waals surface area contributed by atoms with Gasteiger partial charge in [-0.2, -0.15) is 5.26 Å². The summed E-state index contributed by atoms with van der Waals surface area (Å²) >= 11 is 0. The van der Waals surface area contributed by atoms with Crippen molar-refractivity contribution in [2.45, 2.75) is 18.9 Å². The molecule has 2 aromatic rings. The van der Waals surface area contributed by atoms with Gasteiger partial charge in [0.2, 0.25) is 0 Å². The van der Waals surface area contributed by atoms with Crippen molar-refractivity contribution in [3.63, 3.8) is 0 Å². The lowest BCUT2D eigenvalue weighted by atomic mass is 9.84. The molecule has 1 aromatic carbocycles. The number of fused-ring (bicyclic) bond motifs is 3. The predicted octanol–water partition coefficient (Wildman–Crippen LogP) is 2.04. The van der Waals surface area contributed by atoms with Crippen molar-refractivity contribution in [2.24, 2.45) is 5.92 Å². The van der Waals surface area contributed by atoms with Crippen LogP contribution in [0.25, 0.3) is 11.3 Å². The Morgan fingerprint density at radius 2 is 2.12 bits per heavy atom. The van der Waals surface area contributed by atoms with Gasteiger partial charge in [-0.3, -0.25) is 4.79 Å². The van der Waals surface area contributed by atoms with Gasteiger partial charge in [0.25, 0.3) is 5.89 Å².